The highest BCUT2D eigenvalue weighted by molar-refractivity contribution is 5.31. The van der Waals surface area contributed by atoms with Crippen molar-refractivity contribution >= 4 is 5.95 Å². The van der Waals surface area contributed by atoms with Gasteiger partial charge in [-0.2, -0.15) is 4.98 Å². The van der Waals surface area contributed by atoms with E-state index < -0.39 is 0 Å². The van der Waals surface area contributed by atoms with Crippen LogP contribution in [0.15, 0.2) is 28.9 Å². The first-order valence-corrected chi connectivity index (χ1v) is 6.36. The van der Waals surface area contributed by atoms with E-state index in [0.29, 0.717) is 11.8 Å². The minimum absolute atomic E-state index is 0.261. The van der Waals surface area contributed by atoms with Gasteiger partial charge in [0.1, 0.15) is 5.76 Å². The number of hydrogen-bond acceptors (Lipinski definition) is 5. The van der Waals surface area contributed by atoms with E-state index in [9.17, 15) is 0 Å². The molecule has 102 valence electrons. The topological polar surface area (TPSA) is 60.2 Å². The molecule has 0 aliphatic rings. The number of hydrogen-bond donors (Lipinski definition) is 1. The molecule has 0 aromatic carbocycles. The second kappa shape index (κ2) is 6.22. The minimum atomic E-state index is 0.261. The van der Waals surface area contributed by atoms with E-state index >= 15 is 0 Å². The molecule has 0 aliphatic carbocycles. The molecule has 0 radical (unpaired) electrons. The van der Waals surface area contributed by atoms with Gasteiger partial charge in [-0.05, 0) is 32.4 Å². The van der Waals surface area contributed by atoms with E-state index in [1.165, 1.54) is 0 Å². The van der Waals surface area contributed by atoms with Crippen LogP contribution in [0.25, 0.3) is 0 Å². The lowest BCUT2D eigenvalue weighted by atomic mass is 10.1. The van der Waals surface area contributed by atoms with Crippen LogP contribution in [0, 0.1) is 6.92 Å². The van der Waals surface area contributed by atoms with Crippen LogP contribution in [0.2, 0.25) is 0 Å². The zero-order valence-electron chi connectivity index (χ0n) is 11.5. The van der Waals surface area contributed by atoms with Gasteiger partial charge in [-0.25, -0.2) is 4.98 Å². The fraction of sp³-hybridized carbons (Fsp3) is 0.429. The van der Waals surface area contributed by atoms with E-state index in [4.69, 9.17) is 9.15 Å². The quantitative estimate of drug-likeness (QED) is 0.866. The zero-order valence-corrected chi connectivity index (χ0v) is 11.5. The minimum Gasteiger partial charge on any atom is -0.481 e. The second-order valence-electron chi connectivity index (χ2n) is 4.54. The number of aromatic nitrogens is 2. The van der Waals surface area contributed by atoms with E-state index in [0.717, 1.165) is 24.3 Å². The lowest BCUT2D eigenvalue weighted by molar-refractivity contribution is 0.396. The summed E-state index contributed by atoms with van der Waals surface area (Å²) in [6.07, 6.45) is 3.54. The summed E-state index contributed by atoms with van der Waals surface area (Å²) in [6.45, 7) is 4.02. The van der Waals surface area contributed by atoms with Crippen LogP contribution >= 0.6 is 0 Å². The maximum atomic E-state index is 5.31. The Morgan fingerprint density at radius 1 is 1.42 bits per heavy atom. The van der Waals surface area contributed by atoms with Crippen LogP contribution in [0.1, 0.15) is 24.8 Å². The largest absolute Gasteiger partial charge is 0.481 e. The number of ether oxygens (including phenoxy) is 1. The smallest absolute Gasteiger partial charge is 0.226 e. The molecule has 2 aromatic rings. The molecule has 1 atom stereocenters. The summed E-state index contributed by atoms with van der Waals surface area (Å²) in [7, 11) is 1.60. The average Bonchev–Trinajstić information content (AvgIpc) is 2.88. The highest BCUT2D eigenvalue weighted by atomic mass is 16.5. The van der Waals surface area contributed by atoms with Crippen LogP contribution < -0.4 is 10.1 Å². The maximum Gasteiger partial charge on any atom is 0.226 e. The predicted molar refractivity (Wildman–Crippen MR) is 73.4 cm³/mol. The summed E-state index contributed by atoms with van der Waals surface area (Å²) in [5, 5.41) is 3.28. The van der Waals surface area contributed by atoms with Gasteiger partial charge in [0, 0.05) is 24.2 Å². The van der Waals surface area contributed by atoms with Gasteiger partial charge in [0.15, 0.2) is 0 Å². The average molecular weight is 261 g/mol. The van der Waals surface area contributed by atoms with Crippen molar-refractivity contribution < 1.29 is 9.15 Å². The fourth-order valence-electron chi connectivity index (χ4n) is 1.81. The Hall–Kier alpha value is -2.04. The number of aryl methyl sites for hydroxylation is 2. The number of nitrogens with one attached hydrogen (secondary N) is 1. The number of anilines is 1. The molecule has 0 fully saturated rings. The summed E-state index contributed by atoms with van der Waals surface area (Å²) in [5.74, 6) is 2.17. The van der Waals surface area contributed by atoms with Gasteiger partial charge in [0.2, 0.25) is 11.8 Å². The van der Waals surface area contributed by atoms with Crippen molar-refractivity contribution in [2.24, 2.45) is 0 Å². The van der Waals surface area contributed by atoms with Gasteiger partial charge >= 0.3 is 0 Å². The van der Waals surface area contributed by atoms with Gasteiger partial charge < -0.3 is 14.5 Å². The molecule has 19 heavy (non-hydrogen) atoms. The van der Waals surface area contributed by atoms with Crippen LogP contribution in [-0.2, 0) is 6.42 Å². The van der Waals surface area contributed by atoms with Crippen LogP contribution in [-0.4, -0.2) is 23.1 Å². The summed E-state index contributed by atoms with van der Waals surface area (Å²) in [5.41, 5.74) is 0.882. The molecule has 2 heterocycles. The van der Waals surface area contributed by atoms with Crippen molar-refractivity contribution in [2.45, 2.75) is 32.7 Å². The summed E-state index contributed by atoms with van der Waals surface area (Å²) in [4.78, 5) is 8.61. The normalized spacial score (nSPS) is 12.2. The van der Waals surface area contributed by atoms with Crippen LogP contribution in [0.5, 0.6) is 5.88 Å². The standard InChI is InChI=1S/C14H19N3O2/c1-10(6-7-12-5-4-8-19-12)15-14-16-11(2)9-13(17-14)18-3/h4-5,8-10H,6-7H2,1-3H3,(H,15,16,17). The molecule has 2 aromatic heterocycles. The van der Waals surface area contributed by atoms with Crippen molar-refractivity contribution in [1.82, 2.24) is 9.97 Å². The molecule has 5 nitrogen and oxygen atoms in total. The monoisotopic (exact) mass is 261 g/mol. The zero-order chi connectivity index (χ0) is 13.7. The Morgan fingerprint density at radius 2 is 2.26 bits per heavy atom. The van der Waals surface area contributed by atoms with Crippen molar-refractivity contribution in [1.29, 1.82) is 0 Å². The Labute approximate surface area is 113 Å². The highest BCUT2D eigenvalue weighted by Crippen LogP contribution is 2.13. The molecule has 1 unspecified atom stereocenters. The third-order valence-corrected chi connectivity index (χ3v) is 2.82. The van der Waals surface area contributed by atoms with Gasteiger partial charge in [0.05, 0.1) is 13.4 Å². The number of furan rings is 1. The maximum absolute atomic E-state index is 5.31. The summed E-state index contributed by atoms with van der Waals surface area (Å²) in [6, 6.07) is 5.95. The molecule has 0 aliphatic heterocycles. The molecular weight excluding hydrogens is 242 g/mol. The lowest BCUT2D eigenvalue weighted by Crippen LogP contribution is -2.18. The molecule has 1 N–H and O–H groups in total. The predicted octanol–water partition coefficient (Wildman–Crippen LogP) is 2.82. The van der Waals surface area contributed by atoms with E-state index in [-0.39, 0.29) is 6.04 Å². The van der Waals surface area contributed by atoms with Crippen LogP contribution in [0.3, 0.4) is 0 Å². The van der Waals surface area contributed by atoms with Crippen molar-refractivity contribution in [2.75, 3.05) is 12.4 Å². The molecule has 0 spiro atoms. The summed E-state index contributed by atoms with van der Waals surface area (Å²) >= 11 is 0. The van der Waals surface area contributed by atoms with Gasteiger partial charge in [-0.15, -0.1) is 0 Å². The highest BCUT2D eigenvalue weighted by Gasteiger charge is 2.07. The molecule has 2 rings (SSSR count). The number of nitrogens with zero attached hydrogens (tertiary/aromatic N) is 2. The van der Waals surface area contributed by atoms with E-state index in [1.807, 2.05) is 19.1 Å². The number of methoxy groups -OCH3 is 1. The first-order chi connectivity index (χ1) is 9.17. The Bertz CT molecular complexity index is 511. The van der Waals surface area contributed by atoms with Crippen molar-refractivity contribution in [3.8, 4) is 5.88 Å². The first kappa shape index (κ1) is 13.4. The molecule has 0 bridgehead atoms. The van der Waals surface area contributed by atoms with Gasteiger partial charge in [0.25, 0.3) is 0 Å². The fourth-order valence-corrected chi connectivity index (χ4v) is 1.81. The third kappa shape index (κ3) is 3.98. The Balaban J connectivity index is 1.91. The summed E-state index contributed by atoms with van der Waals surface area (Å²) < 4.78 is 10.4. The Kier molecular flexibility index (Phi) is 4.39. The lowest BCUT2D eigenvalue weighted by Gasteiger charge is -2.14. The molecule has 0 saturated carbocycles. The molecular formula is C14H19N3O2. The SMILES string of the molecule is COc1cc(C)nc(NC(C)CCc2ccco2)n1. The molecule has 0 saturated heterocycles. The van der Waals surface area contributed by atoms with E-state index in [1.54, 1.807) is 19.4 Å². The van der Waals surface area contributed by atoms with Crippen molar-refractivity contribution in [3.05, 3.63) is 35.9 Å². The molecule has 5 heteroatoms. The van der Waals surface area contributed by atoms with Crippen LogP contribution in [0.4, 0.5) is 5.95 Å². The van der Waals surface area contributed by atoms with E-state index in [2.05, 4.69) is 22.2 Å². The Morgan fingerprint density at radius 3 is 2.95 bits per heavy atom. The van der Waals surface area contributed by atoms with Crippen molar-refractivity contribution in [3.63, 3.8) is 0 Å². The molecule has 0 amide bonds. The first-order valence-electron chi connectivity index (χ1n) is 6.36. The third-order valence-electron chi connectivity index (χ3n) is 2.82. The second-order valence-corrected chi connectivity index (χ2v) is 4.54. The number of rotatable bonds is 6. The van der Waals surface area contributed by atoms with Gasteiger partial charge in [-0.1, -0.05) is 0 Å². The van der Waals surface area contributed by atoms with Gasteiger partial charge in [-0.3, -0.25) is 0 Å².